The highest BCUT2D eigenvalue weighted by molar-refractivity contribution is 5.93. The Morgan fingerprint density at radius 1 is 1.00 bits per heavy atom. The number of aromatic hydroxyl groups is 1. The number of phenolic OH excluding ortho intramolecular Hbond substituents is 1. The van der Waals surface area contributed by atoms with E-state index in [-0.39, 0.29) is 12.2 Å². The first kappa shape index (κ1) is 23.9. The molecule has 0 saturated heterocycles. The minimum absolute atomic E-state index is 0.0192. The summed E-state index contributed by atoms with van der Waals surface area (Å²) in [5, 5.41) is 34.4. The van der Waals surface area contributed by atoms with Gasteiger partial charge in [-0.15, -0.1) is 0 Å². The van der Waals surface area contributed by atoms with Gasteiger partial charge in [0.2, 0.25) is 17.7 Å². The molecule has 4 unspecified atom stereocenters. The molecule has 29 heavy (non-hydrogen) atoms. The van der Waals surface area contributed by atoms with Crippen molar-refractivity contribution in [3.8, 4) is 5.75 Å². The van der Waals surface area contributed by atoms with E-state index in [0.717, 1.165) is 0 Å². The number of nitrogens with one attached hydrogen (secondary N) is 3. The summed E-state index contributed by atoms with van der Waals surface area (Å²) in [5.41, 5.74) is 6.11. The molecule has 0 saturated carbocycles. The summed E-state index contributed by atoms with van der Waals surface area (Å²) in [6.45, 7) is 2.07. The molecule has 0 spiro atoms. The van der Waals surface area contributed by atoms with E-state index in [9.17, 15) is 29.4 Å². The molecule has 160 valence electrons. The Bertz CT molecular complexity index is 736. The zero-order chi connectivity index (χ0) is 22.1. The number of hydrogen-bond acceptors (Lipinski definition) is 7. The molecule has 0 radical (unpaired) electrons. The molecule has 0 aromatic heterocycles. The fraction of sp³-hybridized carbons (Fsp3) is 0.444. The number of nitrogens with two attached hydrogens (primary N) is 1. The van der Waals surface area contributed by atoms with E-state index >= 15 is 0 Å². The van der Waals surface area contributed by atoms with Crippen LogP contribution in [0.5, 0.6) is 5.75 Å². The van der Waals surface area contributed by atoms with Crippen LogP contribution in [0.3, 0.4) is 0 Å². The lowest BCUT2D eigenvalue weighted by molar-refractivity contribution is -0.138. The Balaban J connectivity index is 2.84. The molecule has 0 aliphatic heterocycles. The molecule has 1 rings (SSSR count). The van der Waals surface area contributed by atoms with Gasteiger partial charge in [-0.2, -0.15) is 0 Å². The summed E-state index contributed by atoms with van der Waals surface area (Å²) in [5.74, 6) is -3.40. The molecule has 3 amide bonds. The molecule has 11 heteroatoms. The maximum absolute atomic E-state index is 12.4. The number of carbonyl (C=O) groups excluding carboxylic acids is 3. The van der Waals surface area contributed by atoms with E-state index < -0.39 is 54.5 Å². The molecule has 1 aromatic rings. The number of aliphatic hydroxyl groups is 1. The Labute approximate surface area is 167 Å². The van der Waals surface area contributed by atoms with Crippen molar-refractivity contribution in [3.05, 3.63) is 29.8 Å². The first-order valence-corrected chi connectivity index (χ1v) is 8.83. The Morgan fingerprint density at radius 3 is 2.10 bits per heavy atom. The maximum atomic E-state index is 12.4. The fourth-order valence-electron chi connectivity index (χ4n) is 2.25. The second kappa shape index (κ2) is 11.0. The Kier molecular flexibility index (Phi) is 9.03. The second-order valence-electron chi connectivity index (χ2n) is 6.54. The third kappa shape index (κ3) is 8.15. The third-order valence-electron chi connectivity index (χ3n) is 4.00. The molecule has 0 bridgehead atoms. The molecule has 8 N–H and O–H groups in total. The van der Waals surface area contributed by atoms with Crippen LogP contribution in [0.1, 0.15) is 19.4 Å². The molecule has 11 nitrogen and oxygen atoms in total. The van der Waals surface area contributed by atoms with Gasteiger partial charge in [-0.3, -0.25) is 19.2 Å². The predicted octanol–water partition coefficient (Wildman–Crippen LogP) is -2.17. The number of rotatable bonds is 10. The van der Waals surface area contributed by atoms with Gasteiger partial charge in [-0.05, 0) is 31.5 Å². The van der Waals surface area contributed by atoms with Gasteiger partial charge in [0.1, 0.15) is 30.4 Å². The van der Waals surface area contributed by atoms with Crippen LogP contribution in [0.25, 0.3) is 0 Å². The van der Waals surface area contributed by atoms with Crippen molar-refractivity contribution < 1.29 is 34.5 Å². The molecular weight excluding hydrogens is 384 g/mol. The van der Waals surface area contributed by atoms with Crippen LogP contribution < -0.4 is 21.7 Å². The van der Waals surface area contributed by atoms with Crippen molar-refractivity contribution in [2.24, 2.45) is 5.73 Å². The van der Waals surface area contributed by atoms with Crippen LogP contribution in [0, 0.1) is 0 Å². The number of carboxylic acids is 1. The molecular formula is C18H26N4O7. The van der Waals surface area contributed by atoms with E-state index in [0.29, 0.717) is 5.56 Å². The van der Waals surface area contributed by atoms with Crippen LogP contribution in [0.15, 0.2) is 24.3 Å². The second-order valence-corrected chi connectivity index (χ2v) is 6.54. The number of aliphatic carboxylic acids is 1. The van der Waals surface area contributed by atoms with E-state index in [1.54, 1.807) is 12.1 Å². The van der Waals surface area contributed by atoms with Crippen molar-refractivity contribution in [1.29, 1.82) is 0 Å². The van der Waals surface area contributed by atoms with Gasteiger partial charge >= 0.3 is 5.97 Å². The molecule has 0 aliphatic carbocycles. The van der Waals surface area contributed by atoms with Gasteiger partial charge in [0.05, 0.1) is 6.10 Å². The summed E-state index contributed by atoms with van der Waals surface area (Å²) in [4.78, 5) is 47.3. The maximum Gasteiger partial charge on any atom is 0.322 e. The monoisotopic (exact) mass is 410 g/mol. The van der Waals surface area contributed by atoms with Crippen LogP contribution in [-0.2, 0) is 25.6 Å². The lowest BCUT2D eigenvalue weighted by atomic mass is 10.0. The van der Waals surface area contributed by atoms with Gasteiger partial charge in [0, 0.05) is 6.42 Å². The number of hydrogen-bond donors (Lipinski definition) is 7. The average molecular weight is 410 g/mol. The van der Waals surface area contributed by atoms with E-state index in [4.69, 9.17) is 10.8 Å². The lowest BCUT2D eigenvalue weighted by Gasteiger charge is -2.22. The molecule has 0 aliphatic rings. The summed E-state index contributed by atoms with van der Waals surface area (Å²) < 4.78 is 0. The minimum Gasteiger partial charge on any atom is -0.508 e. The van der Waals surface area contributed by atoms with E-state index in [1.807, 2.05) is 0 Å². The first-order valence-electron chi connectivity index (χ1n) is 8.83. The highest BCUT2D eigenvalue weighted by Crippen LogP contribution is 2.11. The number of carbonyl (C=O) groups is 4. The molecule has 0 fully saturated rings. The van der Waals surface area contributed by atoms with Crippen LogP contribution in [0.4, 0.5) is 0 Å². The Hall–Kier alpha value is -3.18. The normalized spacial score (nSPS) is 14.8. The van der Waals surface area contributed by atoms with Gasteiger partial charge in [-0.25, -0.2) is 0 Å². The van der Waals surface area contributed by atoms with Gasteiger partial charge in [0.15, 0.2) is 0 Å². The largest absolute Gasteiger partial charge is 0.508 e. The van der Waals surface area contributed by atoms with Gasteiger partial charge in [0.25, 0.3) is 0 Å². The zero-order valence-electron chi connectivity index (χ0n) is 16.1. The first-order chi connectivity index (χ1) is 13.5. The van der Waals surface area contributed by atoms with Crippen molar-refractivity contribution >= 4 is 23.7 Å². The zero-order valence-corrected chi connectivity index (χ0v) is 16.1. The minimum atomic E-state index is -1.25. The van der Waals surface area contributed by atoms with Crippen LogP contribution in [-0.4, -0.2) is 69.8 Å². The molecule has 1 aromatic carbocycles. The van der Waals surface area contributed by atoms with Crippen LogP contribution in [0.2, 0.25) is 0 Å². The van der Waals surface area contributed by atoms with Gasteiger partial charge < -0.3 is 37.0 Å². The fourth-order valence-corrected chi connectivity index (χ4v) is 2.25. The summed E-state index contributed by atoms with van der Waals surface area (Å²) in [6, 6.07) is 2.49. The van der Waals surface area contributed by atoms with Crippen molar-refractivity contribution in [3.63, 3.8) is 0 Å². The average Bonchev–Trinajstić information content (AvgIpc) is 2.66. The van der Waals surface area contributed by atoms with Crippen molar-refractivity contribution in [2.45, 2.75) is 44.5 Å². The Morgan fingerprint density at radius 2 is 1.59 bits per heavy atom. The number of amides is 3. The van der Waals surface area contributed by atoms with E-state index in [1.165, 1.54) is 26.0 Å². The number of benzene rings is 1. The quantitative estimate of drug-likeness (QED) is 0.227. The third-order valence-corrected chi connectivity index (χ3v) is 4.00. The summed E-state index contributed by atoms with van der Waals surface area (Å²) in [7, 11) is 0. The number of carboxylic acid groups (broad SMARTS) is 1. The predicted molar refractivity (Wildman–Crippen MR) is 102 cm³/mol. The highest BCUT2D eigenvalue weighted by Gasteiger charge is 2.27. The van der Waals surface area contributed by atoms with Crippen molar-refractivity contribution in [1.82, 2.24) is 16.0 Å². The topological polar surface area (TPSA) is 191 Å². The SMILES string of the molecule is CC(NC(=O)C(N)C(C)O)C(=O)NC(Cc1ccc(O)cc1)C(=O)NCC(=O)O. The van der Waals surface area contributed by atoms with Gasteiger partial charge in [-0.1, -0.05) is 12.1 Å². The highest BCUT2D eigenvalue weighted by atomic mass is 16.4. The molecule has 0 heterocycles. The van der Waals surface area contributed by atoms with Crippen LogP contribution >= 0.6 is 0 Å². The summed E-state index contributed by atoms with van der Waals surface area (Å²) >= 11 is 0. The number of phenols is 1. The van der Waals surface area contributed by atoms with Crippen molar-refractivity contribution in [2.75, 3.05) is 6.54 Å². The number of aliphatic hydroxyl groups excluding tert-OH is 1. The van der Waals surface area contributed by atoms with E-state index in [2.05, 4.69) is 16.0 Å². The molecule has 4 atom stereocenters. The lowest BCUT2D eigenvalue weighted by Crippen LogP contribution is -2.56. The standard InChI is InChI=1S/C18H26N4O7/c1-9(21-18(29)15(19)10(2)23)16(27)22-13(17(28)20-8-14(25)26)7-11-3-5-12(24)6-4-11/h3-6,9-10,13,15,23-24H,7-8,19H2,1-2H3,(H,20,28)(H,21,29)(H,22,27)(H,25,26). The summed E-state index contributed by atoms with van der Waals surface area (Å²) in [6.07, 6.45) is -1.10. The smallest absolute Gasteiger partial charge is 0.322 e.